The summed E-state index contributed by atoms with van der Waals surface area (Å²) in [4.78, 5) is 16.4. The topological polar surface area (TPSA) is 57.7 Å². The van der Waals surface area contributed by atoms with Crippen LogP contribution in [-0.4, -0.2) is 30.8 Å². The normalized spacial score (nSPS) is 11.1. The van der Waals surface area contributed by atoms with Crippen molar-refractivity contribution in [3.63, 3.8) is 0 Å². The third-order valence-corrected chi connectivity index (χ3v) is 5.23. The van der Waals surface area contributed by atoms with Crippen LogP contribution >= 0.6 is 23.2 Å². The van der Waals surface area contributed by atoms with Gasteiger partial charge in [0.2, 0.25) is 0 Å². The zero-order chi connectivity index (χ0) is 23.3. The fraction of sp³-hybridized carbons (Fsp3) is 0.304. The molecular weight excluding hydrogens is 463 g/mol. The maximum atomic E-state index is 13.5. The largest absolute Gasteiger partial charge is 0.481 e. The Hall–Kier alpha value is -2.64. The first kappa shape index (κ1) is 24.0. The minimum absolute atomic E-state index is 0.0850. The van der Waals surface area contributed by atoms with E-state index in [1.807, 2.05) is 6.92 Å². The highest BCUT2D eigenvalue weighted by Crippen LogP contribution is 2.42. The number of aromatic nitrogens is 1. The second-order valence-corrected chi connectivity index (χ2v) is 7.61. The van der Waals surface area contributed by atoms with Crippen LogP contribution in [0.2, 0.25) is 10.0 Å². The minimum Gasteiger partial charge on any atom is -0.481 e. The van der Waals surface area contributed by atoms with Gasteiger partial charge in [-0.25, -0.2) is 4.79 Å². The van der Waals surface area contributed by atoms with Crippen LogP contribution in [0.1, 0.15) is 30.7 Å². The average molecular weight is 484 g/mol. The van der Waals surface area contributed by atoms with Crippen molar-refractivity contribution in [2.24, 2.45) is 0 Å². The van der Waals surface area contributed by atoms with Crippen molar-refractivity contribution >= 4 is 40.1 Å². The zero-order valence-corrected chi connectivity index (χ0v) is 19.0. The third kappa shape index (κ3) is 5.58. The number of rotatable bonds is 9. The number of carbonyl (C=O) groups is 1. The summed E-state index contributed by atoms with van der Waals surface area (Å²) in [6.07, 6.45) is 0.734. The van der Waals surface area contributed by atoms with Gasteiger partial charge in [0.05, 0.1) is 22.5 Å². The quantitative estimate of drug-likeness (QED) is 0.337. The van der Waals surface area contributed by atoms with Crippen molar-refractivity contribution in [2.75, 3.05) is 13.2 Å². The molecule has 0 spiro atoms. The molecule has 0 aliphatic heterocycles. The van der Waals surface area contributed by atoms with Gasteiger partial charge in [0.1, 0.15) is 11.5 Å². The van der Waals surface area contributed by atoms with Gasteiger partial charge in [-0.05, 0) is 43.2 Å². The Bertz CT molecular complexity index is 1110. The van der Waals surface area contributed by atoms with E-state index in [9.17, 15) is 13.6 Å². The van der Waals surface area contributed by atoms with Gasteiger partial charge in [-0.3, -0.25) is 4.98 Å². The second-order valence-electron chi connectivity index (χ2n) is 6.76. The zero-order valence-electron chi connectivity index (χ0n) is 17.5. The molecule has 0 aliphatic rings. The first-order chi connectivity index (χ1) is 15.3. The smallest absolute Gasteiger partial charge is 0.387 e. The summed E-state index contributed by atoms with van der Waals surface area (Å²) in [5.74, 6) is -0.537. The number of esters is 1. The SMILES string of the molecule is CCOC(=O)COc1ccc(Cl)c2nc(CC)c(Cc3ccc(Cl)cc3)c(OC(F)F)c12. The Morgan fingerprint density at radius 3 is 2.44 bits per heavy atom. The van der Waals surface area contributed by atoms with Crippen LogP contribution in [0.5, 0.6) is 11.5 Å². The molecule has 0 bridgehead atoms. The molecule has 1 aromatic heterocycles. The lowest BCUT2D eigenvalue weighted by molar-refractivity contribution is -0.145. The van der Waals surface area contributed by atoms with Crippen LogP contribution in [0.15, 0.2) is 36.4 Å². The van der Waals surface area contributed by atoms with Crippen molar-refractivity contribution in [1.29, 1.82) is 0 Å². The third-order valence-electron chi connectivity index (χ3n) is 4.67. The molecule has 0 atom stereocenters. The number of benzene rings is 2. The highest BCUT2D eigenvalue weighted by molar-refractivity contribution is 6.35. The van der Waals surface area contributed by atoms with Gasteiger partial charge in [-0.15, -0.1) is 0 Å². The van der Waals surface area contributed by atoms with Gasteiger partial charge in [0.25, 0.3) is 0 Å². The number of halogens is 4. The van der Waals surface area contributed by atoms with Crippen molar-refractivity contribution in [3.05, 3.63) is 63.3 Å². The lowest BCUT2D eigenvalue weighted by Crippen LogP contribution is -2.15. The molecule has 0 fully saturated rings. The van der Waals surface area contributed by atoms with E-state index in [0.717, 1.165) is 5.56 Å². The number of aryl methyl sites for hydroxylation is 1. The van der Waals surface area contributed by atoms with Gasteiger partial charge >= 0.3 is 12.6 Å². The number of hydrogen-bond acceptors (Lipinski definition) is 5. The lowest BCUT2D eigenvalue weighted by Gasteiger charge is -2.19. The molecule has 0 saturated heterocycles. The van der Waals surface area contributed by atoms with Crippen LogP contribution in [0.3, 0.4) is 0 Å². The molecule has 2 aromatic carbocycles. The van der Waals surface area contributed by atoms with Crippen LogP contribution in [0.4, 0.5) is 8.78 Å². The second kappa shape index (κ2) is 10.8. The summed E-state index contributed by atoms with van der Waals surface area (Å²) in [6, 6.07) is 10.1. The molecule has 170 valence electrons. The Morgan fingerprint density at radius 1 is 1.09 bits per heavy atom. The monoisotopic (exact) mass is 483 g/mol. The number of alkyl halides is 2. The Kier molecular flexibility index (Phi) is 8.10. The maximum absolute atomic E-state index is 13.5. The van der Waals surface area contributed by atoms with E-state index >= 15 is 0 Å². The molecule has 0 unspecified atom stereocenters. The molecular formula is C23H21Cl2F2NO4. The number of ether oxygens (including phenoxy) is 3. The van der Waals surface area contributed by atoms with Crippen molar-refractivity contribution in [1.82, 2.24) is 4.98 Å². The van der Waals surface area contributed by atoms with Crippen LogP contribution in [0.25, 0.3) is 10.9 Å². The molecule has 1 heterocycles. The molecule has 32 heavy (non-hydrogen) atoms. The van der Waals surface area contributed by atoms with Crippen LogP contribution < -0.4 is 9.47 Å². The lowest BCUT2D eigenvalue weighted by atomic mass is 9.98. The number of hydrogen-bond donors (Lipinski definition) is 0. The van der Waals surface area contributed by atoms with E-state index in [2.05, 4.69) is 4.98 Å². The van der Waals surface area contributed by atoms with Gasteiger partial charge < -0.3 is 14.2 Å². The first-order valence-electron chi connectivity index (χ1n) is 9.95. The van der Waals surface area contributed by atoms with E-state index in [-0.39, 0.29) is 40.5 Å². The highest BCUT2D eigenvalue weighted by atomic mass is 35.5. The van der Waals surface area contributed by atoms with Gasteiger partial charge in [0.15, 0.2) is 6.61 Å². The standard InChI is InChI=1S/C23H21Cl2F2NO4/c1-3-17-15(11-13-5-7-14(24)8-6-13)22(32-23(26)27)20-18(31-12-19(29)30-4-2)10-9-16(25)21(20)28-17/h5-10,23H,3-4,11-12H2,1-2H3. The van der Waals surface area contributed by atoms with E-state index in [4.69, 9.17) is 37.4 Å². The average Bonchev–Trinajstić information content (AvgIpc) is 2.76. The molecule has 3 aromatic rings. The summed E-state index contributed by atoms with van der Waals surface area (Å²) in [6.45, 7) is 0.229. The van der Waals surface area contributed by atoms with E-state index in [1.165, 1.54) is 12.1 Å². The van der Waals surface area contributed by atoms with Gasteiger partial charge in [-0.1, -0.05) is 42.3 Å². The molecule has 0 radical (unpaired) electrons. The predicted molar refractivity (Wildman–Crippen MR) is 119 cm³/mol. The number of nitrogens with zero attached hydrogens (tertiary/aromatic N) is 1. The minimum atomic E-state index is -3.09. The maximum Gasteiger partial charge on any atom is 0.387 e. The molecule has 0 aliphatic carbocycles. The fourth-order valence-electron chi connectivity index (χ4n) is 3.32. The first-order valence-corrected chi connectivity index (χ1v) is 10.7. The number of fused-ring (bicyclic) bond motifs is 1. The molecule has 0 saturated carbocycles. The van der Waals surface area contributed by atoms with Gasteiger partial charge in [0, 0.05) is 22.7 Å². The Balaban J connectivity index is 2.20. The van der Waals surface area contributed by atoms with E-state index in [1.54, 1.807) is 31.2 Å². The van der Waals surface area contributed by atoms with Gasteiger partial charge in [-0.2, -0.15) is 8.78 Å². The molecule has 0 amide bonds. The summed E-state index contributed by atoms with van der Waals surface area (Å²) in [5, 5.41) is 0.977. The highest BCUT2D eigenvalue weighted by Gasteiger charge is 2.24. The molecule has 3 rings (SSSR count). The fourth-order valence-corrected chi connectivity index (χ4v) is 3.65. The molecule has 0 N–H and O–H groups in total. The van der Waals surface area contributed by atoms with Crippen molar-refractivity contribution in [2.45, 2.75) is 33.3 Å². The van der Waals surface area contributed by atoms with Crippen LogP contribution in [0, 0.1) is 0 Å². The van der Waals surface area contributed by atoms with Crippen LogP contribution in [-0.2, 0) is 22.4 Å². The molecule has 9 heteroatoms. The van der Waals surface area contributed by atoms with Crippen molar-refractivity contribution < 1.29 is 27.8 Å². The number of carbonyl (C=O) groups excluding carboxylic acids is 1. The van der Waals surface area contributed by atoms with Crippen molar-refractivity contribution in [3.8, 4) is 11.5 Å². The summed E-state index contributed by atoms with van der Waals surface area (Å²) >= 11 is 12.3. The summed E-state index contributed by atoms with van der Waals surface area (Å²) < 4.78 is 42.4. The Labute approximate surface area is 194 Å². The predicted octanol–water partition coefficient (Wildman–Crippen LogP) is 6.24. The summed E-state index contributed by atoms with van der Waals surface area (Å²) in [7, 11) is 0. The Morgan fingerprint density at radius 2 is 1.81 bits per heavy atom. The molecule has 5 nitrogen and oxygen atoms in total. The summed E-state index contributed by atoms with van der Waals surface area (Å²) in [5.41, 5.74) is 2.12. The number of pyridine rings is 1. The van der Waals surface area contributed by atoms with E-state index < -0.39 is 19.2 Å². The van der Waals surface area contributed by atoms with E-state index in [0.29, 0.717) is 22.7 Å².